The minimum atomic E-state index is -0.541. The quantitative estimate of drug-likeness (QED) is 0.396. The van der Waals surface area contributed by atoms with Crippen LogP contribution < -0.4 is 11.1 Å². The van der Waals surface area contributed by atoms with E-state index in [-0.39, 0.29) is 5.91 Å². The molecule has 0 aliphatic rings. The van der Waals surface area contributed by atoms with Crippen LogP contribution in [0.15, 0.2) is 64.1 Å². The van der Waals surface area contributed by atoms with Crippen molar-refractivity contribution in [3.63, 3.8) is 0 Å². The van der Waals surface area contributed by atoms with Crippen molar-refractivity contribution < 1.29 is 9.59 Å². The number of primary amides is 1. The molecule has 4 N–H and O–H groups in total. The zero-order valence-electron chi connectivity index (χ0n) is 16.8. The molecule has 4 rings (SSSR count). The van der Waals surface area contributed by atoms with Gasteiger partial charge in [0.25, 0.3) is 11.8 Å². The lowest BCUT2D eigenvalue weighted by Crippen LogP contribution is -2.13. The molecule has 9 heteroatoms. The highest BCUT2D eigenvalue weighted by atomic mass is 32.2. The van der Waals surface area contributed by atoms with Gasteiger partial charge in [-0.1, -0.05) is 17.8 Å². The number of amides is 2. The summed E-state index contributed by atoms with van der Waals surface area (Å²) in [6.07, 6.45) is 3.32. The molecule has 2 amide bonds. The van der Waals surface area contributed by atoms with E-state index in [1.807, 2.05) is 6.07 Å². The zero-order valence-corrected chi connectivity index (χ0v) is 18.4. The summed E-state index contributed by atoms with van der Waals surface area (Å²) < 4.78 is 0. The van der Waals surface area contributed by atoms with Crippen LogP contribution in [0.4, 0.5) is 5.13 Å². The number of aromatic amines is 1. The number of pyridine rings is 1. The van der Waals surface area contributed by atoms with Crippen molar-refractivity contribution in [2.75, 3.05) is 5.32 Å². The summed E-state index contributed by atoms with van der Waals surface area (Å²) in [6, 6.07) is 11.3. The lowest BCUT2D eigenvalue weighted by atomic mass is 10.1. The summed E-state index contributed by atoms with van der Waals surface area (Å²) in [7, 11) is 0. The Bertz CT molecular complexity index is 1280. The largest absolute Gasteiger partial charge is 0.364 e. The van der Waals surface area contributed by atoms with Crippen molar-refractivity contribution in [3.8, 4) is 11.3 Å². The first kappa shape index (κ1) is 20.8. The Morgan fingerprint density at radius 1 is 1.16 bits per heavy atom. The number of H-pyrrole nitrogens is 1. The first-order chi connectivity index (χ1) is 14.9. The Morgan fingerprint density at radius 2 is 2.00 bits per heavy atom. The minimum Gasteiger partial charge on any atom is -0.364 e. The van der Waals surface area contributed by atoms with E-state index in [1.54, 1.807) is 36.0 Å². The SMILES string of the molecule is Cc1ccc(Sc2ncccc2C(=O)Nc2nc(-c3c[nH]c(C(N)=O)c3)cs2)cc1C. The Labute approximate surface area is 187 Å². The van der Waals surface area contributed by atoms with Crippen LogP contribution in [0, 0.1) is 13.8 Å². The maximum atomic E-state index is 12.9. The number of nitrogens with two attached hydrogens (primary N) is 1. The van der Waals surface area contributed by atoms with E-state index < -0.39 is 5.91 Å². The molecule has 0 aliphatic carbocycles. The first-order valence-corrected chi connectivity index (χ1v) is 11.1. The van der Waals surface area contributed by atoms with Crippen LogP contribution in [0.2, 0.25) is 0 Å². The number of hydrogen-bond donors (Lipinski definition) is 3. The molecule has 3 heterocycles. The van der Waals surface area contributed by atoms with Gasteiger partial charge < -0.3 is 10.7 Å². The van der Waals surface area contributed by atoms with E-state index in [4.69, 9.17) is 5.73 Å². The average Bonchev–Trinajstić information content (AvgIpc) is 3.41. The normalized spacial score (nSPS) is 10.8. The highest BCUT2D eigenvalue weighted by molar-refractivity contribution is 7.99. The molecule has 156 valence electrons. The molecule has 0 bridgehead atoms. The molecule has 7 nitrogen and oxygen atoms in total. The van der Waals surface area contributed by atoms with E-state index in [0.29, 0.717) is 27.1 Å². The molecule has 4 aromatic rings. The highest BCUT2D eigenvalue weighted by Crippen LogP contribution is 2.31. The maximum absolute atomic E-state index is 12.9. The van der Waals surface area contributed by atoms with Gasteiger partial charge in [-0.3, -0.25) is 14.9 Å². The fourth-order valence-electron chi connectivity index (χ4n) is 2.85. The van der Waals surface area contributed by atoms with Crippen molar-refractivity contribution in [2.24, 2.45) is 5.73 Å². The molecule has 0 fully saturated rings. The number of thiazole rings is 1. The van der Waals surface area contributed by atoms with Crippen molar-refractivity contribution in [1.29, 1.82) is 0 Å². The zero-order chi connectivity index (χ0) is 22.0. The summed E-state index contributed by atoms with van der Waals surface area (Å²) in [5.41, 5.74) is 9.81. The molecular formula is C22H19N5O2S2. The minimum absolute atomic E-state index is 0.285. The number of rotatable bonds is 6. The lowest BCUT2D eigenvalue weighted by molar-refractivity contribution is 0.0993. The summed E-state index contributed by atoms with van der Waals surface area (Å²) >= 11 is 2.74. The first-order valence-electron chi connectivity index (χ1n) is 9.36. The predicted octanol–water partition coefficient (Wildman–Crippen LogP) is 4.65. The summed E-state index contributed by atoms with van der Waals surface area (Å²) in [4.78, 5) is 36.8. The van der Waals surface area contributed by atoms with Gasteiger partial charge in [0.15, 0.2) is 5.13 Å². The number of benzene rings is 1. The van der Waals surface area contributed by atoms with Crippen LogP contribution in [-0.2, 0) is 0 Å². The van der Waals surface area contributed by atoms with Crippen LogP contribution in [0.1, 0.15) is 32.0 Å². The fraction of sp³-hybridized carbons (Fsp3) is 0.0909. The number of carbonyl (C=O) groups is 2. The summed E-state index contributed by atoms with van der Waals surface area (Å²) in [5, 5.41) is 5.71. The van der Waals surface area contributed by atoms with E-state index in [9.17, 15) is 9.59 Å². The monoisotopic (exact) mass is 449 g/mol. The van der Waals surface area contributed by atoms with Gasteiger partial charge in [-0.15, -0.1) is 11.3 Å². The Kier molecular flexibility index (Phi) is 5.88. The molecule has 0 spiro atoms. The van der Waals surface area contributed by atoms with Gasteiger partial charge >= 0.3 is 0 Å². The molecule has 31 heavy (non-hydrogen) atoms. The van der Waals surface area contributed by atoms with E-state index in [2.05, 4.69) is 46.2 Å². The van der Waals surface area contributed by atoms with Crippen LogP contribution >= 0.6 is 23.1 Å². The van der Waals surface area contributed by atoms with Gasteiger partial charge in [0.2, 0.25) is 0 Å². The third-order valence-corrected chi connectivity index (χ3v) is 6.44. The molecule has 3 aromatic heterocycles. The van der Waals surface area contributed by atoms with Crippen molar-refractivity contribution in [3.05, 3.63) is 76.6 Å². The smallest absolute Gasteiger partial charge is 0.265 e. The number of nitrogens with zero attached hydrogens (tertiary/aromatic N) is 2. The van der Waals surface area contributed by atoms with E-state index in [1.165, 1.54) is 34.2 Å². The number of hydrogen-bond acceptors (Lipinski definition) is 6. The van der Waals surface area contributed by atoms with Gasteiger partial charge in [-0.2, -0.15) is 0 Å². The molecular weight excluding hydrogens is 430 g/mol. The van der Waals surface area contributed by atoms with Crippen LogP contribution in [0.25, 0.3) is 11.3 Å². The van der Waals surface area contributed by atoms with E-state index >= 15 is 0 Å². The Morgan fingerprint density at radius 3 is 2.74 bits per heavy atom. The van der Waals surface area contributed by atoms with Crippen molar-refractivity contribution in [2.45, 2.75) is 23.8 Å². The number of aryl methyl sites for hydroxylation is 2. The van der Waals surface area contributed by atoms with E-state index in [0.717, 1.165) is 10.5 Å². The second-order valence-electron chi connectivity index (χ2n) is 6.86. The summed E-state index contributed by atoms with van der Waals surface area (Å²) in [6.45, 7) is 4.12. The fourth-order valence-corrected chi connectivity index (χ4v) is 4.54. The van der Waals surface area contributed by atoms with Gasteiger partial charge in [0.05, 0.1) is 11.3 Å². The number of aromatic nitrogens is 3. The van der Waals surface area contributed by atoms with Crippen LogP contribution in [0.5, 0.6) is 0 Å². The maximum Gasteiger partial charge on any atom is 0.265 e. The van der Waals surface area contributed by atoms with Gasteiger partial charge in [0, 0.05) is 28.2 Å². The highest BCUT2D eigenvalue weighted by Gasteiger charge is 2.16. The number of nitrogens with one attached hydrogen (secondary N) is 2. The molecule has 0 aliphatic heterocycles. The standard InChI is InChI=1S/C22H19N5O2S2/c1-12-5-6-15(8-13(12)2)31-21-16(4-3-7-24-21)20(29)27-22-26-18(11-30-22)14-9-17(19(23)28)25-10-14/h3-11,25H,1-2H3,(H2,23,28)(H,26,27,29). The number of anilines is 1. The Balaban J connectivity index is 1.52. The average molecular weight is 450 g/mol. The molecule has 0 unspecified atom stereocenters. The second-order valence-corrected chi connectivity index (χ2v) is 8.78. The molecule has 0 atom stereocenters. The molecule has 0 saturated carbocycles. The van der Waals surface area contributed by atoms with Crippen LogP contribution in [0.3, 0.4) is 0 Å². The predicted molar refractivity (Wildman–Crippen MR) is 123 cm³/mol. The summed E-state index contributed by atoms with van der Waals surface area (Å²) in [5.74, 6) is -0.826. The van der Waals surface area contributed by atoms with Crippen molar-refractivity contribution >= 4 is 40.0 Å². The third-order valence-electron chi connectivity index (χ3n) is 4.68. The lowest BCUT2D eigenvalue weighted by Gasteiger charge is -2.09. The second kappa shape index (κ2) is 8.75. The van der Waals surface area contributed by atoms with Crippen molar-refractivity contribution in [1.82, 2.24) is 15.0 Å². The third kappa shape index (κ3) is 4.68. The van der Waals surface area contributed by atoms with Gasteiger partial charge in [0.1, 0.15) is 10.7 Å². The van der Waals surface area contributed by atoms with Crippen LogP contribution in [-0.4, -0.2) is 26.8 Å². The molecule has 1 aromatic carbocycles. The van der Waals surface area contributed by atoms with Gasteiger partial charge in [-0.25, -0.2) is 9.97 Å². The molecule has 0 radical (unpaired) electrons. The topological polar surface area (TPSA) is 114 Å². The molecule has 0 saturated heterocycles. The number of carbonyl (C=O) groups excluding carboxylic acids is 2. The Hall–Kier alpha value is -3.43. The van der Waals surface area contributed by atoms with Gasteiger partial charge in [-0.05, 0) is 55.3 Å².